The Bertz CT molecular complexity index is 656. The summed E-state index contributed by atoms with van der Waals surface area (Å²) in [6, 6.07) is 6.72. The number of esters is 1. The molecule has 0 spiro atoms. The topological polar surface area (TPSA) is 72.9 Å². The standard InChI is InChI=1S/C17H19NO5S2/c1-3-23-17(24)25-11(8-9-14(19)22-2)10-18-15(20)12-6-4-5-7-13(12)16(18)21/h4-7,11H,3,8-10H2,1-2H3. The first kappa shape index (κ1) is 19.4. The van der Waals surface area contributed by atoms with Crippen molar-refractivity contribution >= 4 is 46.1 Å². The number of hydrogen-bond acceptors (Lipinski definition) is 7. The predicted octanol–water partition coefficient (Wildman–Crippen LogP) is 2.66. The van der Waals surface area contributed by atoms with Gasteiger partial charge in [0.25, 0.3) is 11.8 Å². The third-order valence-corrected chi connectivity index (χ3v) is 5.12. The third-order valence-electron chi connectivity index (χ3n) is 3.69. The van der Waals surface area contributed by atoms with E-state index in [0.29, 0.717) is 28.5 Å². The maximum absolute atomic E-state index is 12.5. The van der Waals surface area contributed by atoms with Crippen molar-refractivity contribution in [2.24, 2.45) is 0 Å². The van der Waals surface area contributed by atoms with Crippen LogP contribution in [-0.2, 0) is 14.3 Å². The number of thiocarbonyl (C=S) groups is 1. The van der Waals surface area contributed by atoms with Crippen LogP contribution in [0.15, 0.2) is 24.3 Å². The van der Waals surface area contributed by atoms with Crippen LogP contribution in [0.4, 0.5) is 0 Å². The molecule has 1 aromatic rings. The van der Waals surface area contributed by atoms with E-state index in [1.54, 1.807) is 24.3 Å². The van der Waals surface area contributed by atoms with Crippen molar-refractivity contribution in [1.82, 2.24) is 4.90 Å². The molecule has 0 bridgehead atoms. The maximum atomic E-state index is 12.5. The van der Waals surface area contributed by atoms with Gasteiger partial charge in [0, 0.05) is 18.2 Å². The van der Waals surface area contributed by atoms with Crippen molar-refractivity contribution in [3.63, 3.8) is 0 Å². The SMILES string of the molecule is CCOC(=S)SC(CCC(=O)OC)CN1C(=O)c2ccccc2C1=O. The number of nitrogens with zero attached hydrogens (tertiary/aromatic N) is 1. The molecule has 0 N–H and O–H groups in total. The van der Waals surface area contributed by atoms with Gasteiger partial charge in [-0.2, -0.15) is 0 Å². The average molecular weight is 381 g/mol. The van der Waals surface area contributed by atoms with E-state index in [1.165, 1.54) is 23.8 Å². The Morgan fingerprint density at radius 2 is 1.84 bits per heavy atom. The first-order valence-electron chi connectivity index (χ1n) is 7.83. The second-order valence-electron chi connectivity index (χ2n) is 5.30. The van der Waals surface area contributed by atoms with E-state index in [1.807, 2.05) is 6.92 Å². The summed E-state index contributed by atoms with van der Waals surface area (Å²) in [5.41, 5.74) is 0.799. The van der Waals surface area contributed by atoms with Gasteiger partial charge in [0.15, 0.2) is 0 Å². The fourth-order valence-corrected chi connectivity index (χ4v) is 3.91. The molecule has 134 valence electrons. The van der Waals surface area contributed by atoms with Gasteiger partial charge in [0.05, 0.1) is 24.8 Å². The number of thioether (sulfide) groups is 1. The van der Waals surface area contributed by atoms with Crippen molar-refractivity contribution in [2.45, 2.75) is 25.0 Å². The molecule has 1 aromatic carbocycles. The molecule has 0 radical (unpaired) electrons. The van der Waals surface area contributed by atoms with E-state index in [2.05, 4.69) is 4.74 Å². The van der Waals surface area contributed by atoms with Crippen LogP contribution in [0.3, 0.4) is 0 Å². The van der Waals surface area contributed by atoms with Crippen molar-refractivity contribution in [3.05, 3.63) is 35.4 Å². The van der Waals surface area contributed by atoms with Crippen molar-refractivity contribution in [1.29, 1.82) is 0 Å². The van der Waals surface area contributed by atoms with Gasteiger partial charge in [-0.3, -0.25) is 19.3 Å². The number of fused-ring (bicyclic) bond motifs is 1. The Labute approximate surface area is 155 Å². The molecule has 25 heavy (non-hydrogen) atoms. The lowest BCUT2D eigenvalue weighted by Crippen LogP contribution is -2.36. The molecule has 1 aliphatic rings. The monoisotopic (exact) mass is 381 g/mol. The van der Waals surface area contributed by atoms with Crippen LogP contribution in [0, 0.1) is 0 Å². The van der Waals surface area contributed by atoms with Crippen LogP contribution in [0.2, 0.25) is 0 Å². The van der Waals surface area contributed by atoms with Gasteiger partial charge in [-0.15, -0.1) is 0 Å². The molecule has 1 unspecified atom stereocenters. The molecular formula is C17H19NO5S2. The fourth-order valence-electron chi connectivity index (χ4n) is 2.46. The third kappa shape index (κ3) is 4.79. The minimum atomic E-state index is -0.352. The van der Waals surface area contributed by atoms with Gasteiger partial charge >= 0.3 is 5.97 Å². The summed E-state index contributed by atoms with van der Waals surface area (Å²) >= 11 is 6.39. The van der Waals surface area contributed by atoms with Crippen LogP contribution in [0.1, 0.15) is 40.5 Å². The molecule has 6 nitrogen and oxygen atoms in total. The second-order valence-corrected chi connectivity index (χ2v) is 7.21. The molecule has 1 heterocycles. The van der Waals surface area contributed by atoms with Crippen molar-refractivity contribution in [3.8, 4) is 0 Å². The Hall–Kier alpha value is -1.93. The summed E-state index contributed by atoms with van der Waals surface area (Å²) in [5.74, 6) is -1.01. The van der Waals surface area contributed by atoms with Crippen LogP contribution in [-0.4, -0.2) is 52.6 Å². The Morgan fingerprint density at radius 3 is 2.36 bits per heavy atom. The fraction of sp³-hybridized carbons (Fsp3) is 0.412. The molecule has 1 atom stereocenters. The van der Waals surface area contributed by atoms with Gasteiger partial charge in [0.1, 0.15) is 0 Å². The molecular weight excluding hydrogens is 362 g/mol. The lowest BCUT2D eigenvalue weighted by atomic mass is 10.1. The highest BCUT2D eigenvalue weighted by atomic mass is 32.2. The van der Waals surface area contributed by atoms with E-state index in [4.69, 9.17) is 17.0 Å². The normalized spacial score (nSPS) is 14.2. The zero-order valence-corrected chi connectivity index (χ0v) is 15.7. The van der Waals surface area contributed by atoms with E-state index >= 15 is 0 Å². The second kappa shape index (κ2) is 8.96. The number of carbonyl (C=O) groups is 3. The predicted molar refractivity (Wildman–Crippen MR) is 98.7 cm³/mol. The zero-order chi connectivity index (χ0) is 18.4. The lowest BCUT2D eigenvalue weighted by Gasteiger charge is -2.22. The van der Waals surface area contributed by atoms with Gasteiger partial charge in [-0.25, -0.2) is 0 Å². The average Bonchev–Trinajstić information content (AvgIpc) is 2.84. The molecule has 1 aliphatic heterocycles. The summed E-state index contributed by atoms with van der Waals surface area (Å²) in [6.07, 6.45) is 0.587. The van der Waals surface area contributed by atoms with Gasteiger partial charge < -0.3 is 9.47 Å². The molecule has 2 rings (SSSR count). The summed E-state index contributed by atoms with van der Waals surface area (Å²) in [6.45, 7) is 2.41. The number of hydrogen-bond donors (Lipinski definition) is 0. The van der Waals surface area contributed by atoms with Crippen molar-refractivity contribution in [2.75, 3.05) is 20.3 Å². The molecule has 0 saturated heterocycles. The van der Waals surface area contributed by atoms with Gasteiger partial charge in [0.2, 0.25) is 4.38 Å². The van der Waals surface area contributed by atoms with E-state index < -0.39 is 0 Å². The number of benzene rings is 1. The highest BCUT2D eigenvalue weighted by Crippen LogP contribution is 2.27. The number of imide groups is 1. The smallest absolute Gasteiger partial charge is 0.305 e. The summed E-state index contributed by atoms with van der Waals surface area (Å²) in [4.78, 5) is 37.6. The minimum absolute atomic E-state index is 0.154. The largest absolute Gasteiger partial charge is 0.479 e. The van der Waals surface area contributed by atoms with Crippen LogP contribution in [0.5, 0.6) is 0 Å². The van der Waals surface area contributed by atoms with Gasteiger partial charge in [-0.1, -0.05) is 23.9 Å². The lowest BCUT2D eigenvalue weighted by molar-refractivity contribution is -0.140. The number of carbonyl (C=O) groups excluding carboxylic acids is 3. The minimum Gasteiger partial charge on any atom is -0.479 e. The van der Waals surface area contributed by atoms with E-state index in [-0.39, 0.29) is 36.0 Å². The molecule has 2 amide bonds. The molecule has 0 saturated carbocycles. The van der Waals surface area contributed by atoms with Gasteiger partial charge in [-0.05, 0) is 37.7 Å². The van der Waals surface area contributed by atoms with Crippen LogP contribution < -0.4 is 0 Å². The molecule has 0 fully saturated rings. The zero-order valence-electron chi connectivity index (χ0n) is 14.0. The quantitative estimate of drug-likeness (QED) is 0.408. The van der Waals surface area contributed by atoms with Crippen molar-refractivity contribution < 1.29 is 23.9 Å². The number of amides is 2. The highest BCUT2D eigenvalue weighted by molar-refractivity contribution is 8.23. The van der Waals surface area contributed by atoms with Crippen LogP contribution >= 0.6 is 24.0 Å². The van der Waals surface area contributed by atoms with E-state index in [9.17, 15) is 14.4 Å². The Kier molecular flexibility index (Phi) is 6.95. The number of ether oxygens (including phenoxy) is 2. The molecule has 0 aromatic heterocycles. The molecule has 8 heteroatoms. The first-order valence-corrected chi connectivity index (χ1v) is 9.12. The summed E-state index contributed by atoms with van der Waals surface area (Å²) in [5, 5.41) is -0.250. The maximum Gasteiger partial charge on any atom is 0.305 e. The first-order chi connectivity index (χ1) is 12.0. The van der Waals surface area contributed by atoms with E-state index in [0.717, 1.165) is 0 Å². The number of methoxy groups -OCH3 is 1. The highest BCUT2D eigenvalue weighted by Gasteiger charge is 2.36. The summed E-state index contributed by atoms with van der Waals surface area (Å²) < 4.78 is 10.3. The van der Waals surface area contributed by atoms with Crippen LogP contribution in [0.25, 0.3) is 0 Å². The summed E-state index contributed by atoms with van der Waals surface area (Å²) in [7, 11) is 1.32. The number of rotatable bonds is 7. The Morgan fingerprint density at radius 1 is 1.24 bits per heavy atom. The Balaban J connectivity index is 2.10. The molecule has 0 aliphatic carbocycles.